The van der Waals surface area contributed by atoms with Crippen molar-refractivity contribution in [1.29, 1.82) is 0 Å². The van der Waals surface area contributed by atoms with E-state index in [1.54, 1.807) is 26.3 Å². The van der Waals surface area contributed by atoms with Crippen molar-refractivity contribution in [3.8, 4) is 11.4 Å². The fourth-order valence-electron chi connectivity index (χ4n) is 4.60. The number of nitrogens with one attached hydrogen (secondary N) is 1. The Balaban J connectivity index is 0.000000318. The molecule has 1 aliphatic carbocycles. The van der Waals surface area contributed by atoms with Gasteiger partial charge >= 0.3 is 0 Å². The molecule has 5 atom stereocenters. The first-order valence-corrected chi connectivity index (χ1v) is 16.7. The Morgan fingerprint density at radius 1 is 1.14 bits per heavy atom. The summed E-state index contributed by atoms with van der Waals surface area (Å²) in [6, 6.07) is 2.42. The van der Waals surface area contributed by atoms with Gasteiger partial charge in [-0.15, -0.1) is 11.3 Å². The third-order valence-electron chi connectivity index (χ3n) is 7.18. The number of carbonyl (C=O) groups excluding carboxylic acids is 1. The maximum Gasteiger partial charge on any atom is 0.213 e. The number of aliphatic hydroxyl groups excluding tert-OH is 5. The monoisotopic (exact) mass is 711 g/mol. The van der Waals surface area contributed by atoms with E-state index < -0.39 is 42.4 Å². The number of carbonyl (C=O) groups is 1. The Kier molecular flexibility index (Phi) is 18.1. The number of allylic oxidation sites excluding steroid dienone is 1. The standard InChI is InChI=1S/C15H18F2N4.C15H23N3O6S.C2H6O/c1-18-12-9-21(10-5-3-2-4-6-10)20-15(12)14-11(16)7-8-13(17)19-14;1-8(5-19)24-14(13(23)12(22)9(2)21)17-4-10(3-16)15-18-11(6-20)7-25-15;1-2-3/h7-10,18H,2-6H2,1H3;3-4,6-9,12-14,19,21-23H,5,16H2,1-2H3;3H,2H2,1H3/b;10-3+,17-4-;. The number of aldehydes is 1. The van der Waals surface area contributed by atoms with Crippen molar-refractivity contribution >= 4 is 35.1 Å². The highest BCUT2D eigenvalue weighted by Gasteiger charge is 2.31. The molecule has 14 nitrogen and oxygen atoms in total. The summed E-state index contributed by atoms with van der Waals surface area (Å²) in [5.41, 5.74) is 7.15. The molecule has 5 unspecified atom stereocenters. The minimum atomic E-state index is -1.54. The third kappa shape index (κ3) is 12.6. The Morgan fingerprint density at radius 3 is 2.37 bits per heavy atom. The number of aliphatic hydroxyl groups is 5. The van der Waals surface area contributed by atoms with E-state index >= 15 is 0 Å². The molecule has 3 heterocycles. The van der Waals surface area contributed by atoms with Gasteiger partial charge in [0.2, 0.25) is 5.95 Å². The molecular formula is C32H47F2N7O7S. The van der Waals surface area contributed by atoms with Crippen LogP contribution >= 0.6 is 11.3 Å². The summed E-state index contributed by atoms with van der Waals surface area (Å²) in [4.78, 5) is 22.5. The van der Waals surface area contributed by atoms with Crippen LogP contribution in [-0.4, -0.2) is 109 Å². The molecule has 272 valence electrons. The van der Waals surface area contributed by atoms with E-state index in [1.165, 1.54) is 49.9 Å². The van der Waals surface area contributed by atoms with E-state index in [2.05, 4.69) is 25.4 Å². The summed E-state index contributed by atoms with van der Waals surface area (Å²) in [7, 11) is 1.74. The number of hydrogen-bond acceptors (Lipinski definition) is 14. The topological polar surface area (TPSA) is 221 Å². The van der Waals surface area contributed by atoms with Crippen molar-refractivity contribution in [2.45, 2.75) is 89.6 Å². The summed E-state index contributed by atoms with van der Waals surface area (Å²) >= 11 is 1.18. The lowest BCUT2D eigenvalue weighted by Crippen LogP contribution is -2.45. The molecule has 0 aromatic carbocycles. The van der Waals surface area contributed by atoms with E-state index in [1.807, 2.05) is 10.9 Å². The zero-order chi connectivity index (χ0) is 36.5. The Hall–Kier alpha value is -3.71. The lowest BCUT2D eigenvalue weighted by Gasteiger charge is -2.27. The highest BCUT2D eigenvalue weighted by atomic mass is 32.1. The molecule has 17 heteroatoms. The number of ether oxygens (including phenoxy) is 1. The van der Waals surface area contributed by atoms with Gasteiger partial charge in [0.05, 0.1) is 30.5 Å². The number of aliphatic imine (C=N–C) groups is 1. The number of aromatic nitrogens is 4. The van der Waals surface area contributed by atoms with E-state index in [0.717, 1.165) is 25.0 Å². The summed E-state index contributed by atoms with van der Waals surface area (Å²) in [5.74, 6) is -1.28. The van der Waals surface area contributed by atoms with Crippen molar-refractivity contribution in [3.63, 3.8) is 0 Å². The van der Waals surface area contributed by atoms with Crippen molar-refractivity contribution in [2.24, 2.45) is 10.7 Å². The molecule has 1 aliphatic rings. The average Bonchev–Trinajstić information content (AvgIpc) is 3.77. The Morgan fingerprint density at radius 2 is 1.82 bits per heavy atom. The molecule has 4 rings (SSSR count). The lowest BCUT2D eigenvalue weighted by molar-refractivity contribution is -0.137. The molecule has 3 aromatic heterocycles. The van der Waals surface area contributed by atoms with E-state index in [-0.39, 0.29) is 24.6 Å². The Bertz CT molecular complexity index is 1480. The maximum atomic E-state index is 13.9. The summed E-state index contributed by atoms with van der Waals surface area (Å²) in [6.07, 6.45) is 4.56. The van der Waals surface area contributed by atoms with Crippen molar-refractivity contribution in [3.05, 3.63) is 52.4 Å². The predicted molar refractivity (Wildman–Crippen MR) is 183 cm³/mol. The zero-order valence-electron chi connectivity index (χ0n) is 28.0. The largest absolute Gasteiger partial charge is 0.404 e. The second-order valence-corrected chi connectivity index (χ2v) is 11.9. The van der Waals surface area contributed by atoms with Crippen LogP contribution in [0.1, 0.15) is 74.4 Å². The number of halogens is 2. The van der Waals surface area contributed by atoms with Gasteiger partial charge in [-0.25, -0.2) is 14.4 Å². The van der Waals surface area contributed by atoms with E-state index in [9.17, 15) is 28.9 Å². The molecule has 0 spiro atoms. The van der Waals surface area contributed by atoms with Gasteiger partial charge in [-0.1, -0.05) is 19.3 Å². The molecule has 1 saturated carbocycles. The first kappa shape index (κ1) is 41.5. The molecule has 0 bridgehead atoms. The van der Waals surface area contributed by atoms with Gasteiger partial charge in [-0.05, 0) is 45.7 Å². The average molecular weight is 712 g/mol. The molecule has 3 aromatic rings. The number of rotatable bonds is 13. The van der Waals surface area contributed by atoms with Gasteiger partial charge in [0.25, 0.3) is 0 Å². The number of hydrogen-bond donors (Lipinski definition) is 7. The molecule has 0 aliphatic heterocycles. The van der Waals surface area contributed by atoms with E-state index in [0.29, 0.717) is 34.3 Å². The molecule has 49 heavy (non-hydrogen) atoms. The maximum absolute atomic E-state index is 13.9. The molecule has 0 amide bonds. The van der Waals surface area contributed by atoms with Crippen molar-refractivity contribution < 1.29 is 43.8 Å². The van der Waals surface area contributed by atoms with Crippen LogP contribution in [0.25, 0.3) is 17.0 Å². The van der Waals surface area contributed by atoms with Gasteiger partial charge in [-0.3, -0.25) is 14.5 Å². The molecule has 1 fully saturated rings. The summed E-state index contributed by atoms with van der Waals surface area (Å²) in [5, 5.41) is 55.5. The minimum Gasteiger partial charge on any atom is -0.404 e. The van der Waals surface area contributed by atoms with Crippen LogP contribution < -0.4 is 11.1 Å². The molecule has 0 saturated heterocycles. The quantitative estimate of drug-likeness (QED) is 0.0773. The van der Waals surface area contributed by atoms with Crippen LogP contribution in [0.5, 0.6) is 0 Å². The van der Waals surface area contributed by atoms with Gasteiger partial charge in [0, 0.05) is 43.2 Å². The van der Waals surface area contributed by atoms with Gasteiger partial charge in [0.15, 0.2) is 18.3 Å². The summed E-state index contributed by atoms with van der Waals surface area (Å²) < 4.78 is 34.5. The molecule has 8 N–H and O–H groups in total. The number of anilines is 1. The highest BCUT2D eigenvalue weighted by Crippen LogP contribution is 2.33. The fourth-order valence-corrected chi connectivity index (χ4v) is 5.36. The number of pyridine rings is 1. The summed E-state index contributed by atoms with van der Waals surface area (Å²) in [6.45, 7) is 4.48. The highest BCUT2D eigenvalue weighted by molar-refractivity contribution is 7.11. The number of nitrogens with two attached hydrogens (primary N) is 1. The normalized spacial score (nSPS) is 16.8. The second kappa shape index (κ2) is 21.4. The third-order valence-corrected chi connectivity index (χ3v) is 8.09. The predicted octanol–water partition coefficient (Wildman–Crippen LogP) is 2.92. The van der Waals surface area contributed by atoms with Crippen LogP contribution in [0.3, 0.4) is 0 Å². The van der Waals surface area contributed by atoms with Crippen molar-refractivity contribution in [1.82, 2.24) is 19.7 Å². The number of thiazole rings is 1. The first-order chi connectivity index (χ1) is 23.4. The van der Waals surface area contributed by atoms with Crippen LogP contribution in [-0.2, 0) is 4.74 Å². The lowest BCUT2D eigenvalue weighted by atomic mass is 9.96. The SMILES string of the molecule is CC(CO)OC(/N=C\C(=C/N)c1nc(C=O)cs1)C(O)C(O)C(C)O.CCO.CNc1cn(C2CCCCC2)nc1-c1nc(F)ccc1F. The van der Waals surface area contributed by atoms with Gasteiger partial charge < -0.3 is 41.3 Å². The minimum absolute atomic E-state index is 0.0473. The Labute approximate surface area is 288 Å². The van der Waals surface area contributed by atoms with Crippen LogP contribution in [0.15, 0.2) is 34.9 Å². The fraction of sp³-hybridized carbons (Fsp3) is 0.531. The van der Waals surface area contributed by atoms with E-state index in [4.69, 9.17) is 20.7 Å². The smallest absolute Gasteiger partial charge is 0.213 e. The van der Waals surface area contributed by atoms with Crippen LogP contribution in [0, 0.1) is 11.8 Å². The zero-order valence-corrected chi connectivity index (χ0v) is 28.8. The first-order valence-electron chi connectivity index (χ1n) is 15.8. The number of nitrogens with zero attached hydrogens (tertiary/aromatic N) is 5. The van der Waals surface area contributed by atoms with Crippen LogP contribution in [0.4, 0.5) is 14.5 Å². The second-order valence-electron chi connectivity index (χ2n) is 11.0. The van der Waals surface area contributed by atoms with Crippen LogP contribution in [0.2, 0.25) is 0 Å². The van der Waals surface area contributed by atoms with Gasteiger partial charge in [0.1, 0.15) is 34.3 Å². The van der Waals surface area contributed by atoms with Crippen molar-refractivity contribution in [2.75, 3.05) is 25.6 Å². The molecular weight excluding hydrogens is 664 g/mol. The van der Waals surface area contributed by atoms with Gasteiger partial charge in [-0.2, -0.15) is 9.49 Å². The molecule has 0 radical (unpaired) electrons.